The van der Waals surface area contributed by atoms with Gasteiger partial charge in [-0.05, 0) is 63.3 Å². The zero-order valence-corrected chi connectivity index (χ0v) is 15.0. The first-order valence-electron chi connectivity index (χ1n) is 9.46. The van der Waals surface area contributed by atoms with E-state index in [0.29, 0.717) is 23.7 Å². The molecule has 0 aromatic carbocycles. The highest BCUT2D eigenvalue weighted by atomic mass is 16.5. The maximum absolute atomic E-state index is 6.61. The van der Waals surface area contributed by atoms with Crippen molar-refractivity contribution in [1.29, 1.82) is 0 Å². The minimum absolute atomic E-state index is 0.390. The number of ether oxygens (including phenoxy) is 1. The van der Waals surface area contributed by atoms with Crippen molar-refractivity contribution in [2.24, 2.45) is 17.3 Å². The standard InChI is InChI=1S/C19H37NO/c1-6-11-20-17-13-18(19(17,7-2)8-3)21-16-10-9-14(4)15(5)12-16/h14-18,20H,6-13H2,1-5H3. The van der Waals surface area contributed by atoms with E-state index in [1.54, 1.807) is 0 Å². The van der Waals surface area contributed by atoms with Gasteiger partial charge in [0.05, 0.1) is 12.2 Å². The Kier molecular flexibility index (Phi) is 6.14. The molecule has 0 bridgehead atoms. The van der Waals surface area contributed by atoms with E-state index in [2.05, 4.69) is 39.9 Å². The van der Waals surface area contributed by atoms with Crippen molar-refractivity contribution in [3.63, 3.8) is 0 Å². The molecule has 0 heterocycles. The van der Waals surface area contributed by atoms with Crippen LogP contribution < -0.4 is 5.32 Å². The van der Waals surface area contributed by atoms with Crippen LogP contribution in [-0.4, -0.2) is 24.8 Å². The Labute approximate surface area is 132 Å². The third-order valence-electron chi connectivity index (χ3n) is 6.65. The van der Waals surface area contributed by atoms with Crippen LogP contribution in [0.4, 0.5) is 0 Å². The van der Waals surface area contributed by atoms with Crippen molar-refractivity contribution in [1.82, 2.24) is 5.32 Å². The van der Waals surface area contributed by atoms with Crippen molar-refractivity contribution >= 4 is 0 Å². The van der Waals surface area contributed by atoms with Gasteiger partial charge in [0.2, 0.25) is 0 Å². The third kappa shape index (κ3) is 3.47. The van der Waals surface area contributed by atoms with E-state index in [0.717, 1.165) is 18.4 Å². The van der Waals surface area contributed by atoms with Gasteiger partial charge in [-0.3, -0.25) is 0 Å². The minimum Gasteiger partial charge on any atom is -0.374 e. The summed E-state index contributed by atoms with van der Waals surface area (Å²) in [5.74, 6) is 1.71. The second kappa shape index (κ2) is 7.46. The van der Waals surface area contributed by atoms with Crippen molar-refractivity contribution in [2.75, 3.05) is 6.54 Å². The third-order valence-corrected chi connectivity index (χ3v) is 6.65. The number of rotatable bonds is 7. The molecule has 124 valence electrons. The zero-order valence-electron chi connectivity index (χ0n) is 15.0. The van der Waals surface area contributed by atoms with E-state index >= 15 is 0 Å². The van der Waals surface area contributed by atoms with Gasteiger partial charge < -0.3 is 10.1 Å². The second-order valence-electron chi connectivity index (χ2n) is 7.70. The molecule has 0 radical (unpaired) electrons. The van der Waals surface area contributed by atoms with Crippen LogP contribution >= 0.6 is 0 Å². The van der Waals surface area contributed by atoms with E-state index < -0.39 is 0 Å². The summed E-state index contributed by atoms with van der Waals surface area (Å²) in [4.78, 5) is 0. The fourth-order valence-electron chi connectivity index (χ4n) is 4.60. The predicted molar refractivity (Wildman–Crippen MR) is 90.6 cm³/mol. The molecule has 0 spiro atoms. The van der Waals surface area contributed by atoms with E-state index in [1.165, 1.54) is 44.9 Å². The van der Waals surface area contributed by atoms with Gasteiger partial charge in [-0.1, -0.05) is 34.6 Å². The molecule has 2 aliphatic rings. The molecular formula is C19H37NO. The monoisotopic (exact) mass is 295 g/mol. The fourth-order valence-corrected chi connectivity index (χ4v) is 4.60. The smallest absolute Gasteiger partial charge is 0.0664 e. The molecule has 0 aliphatic heterocycles. The van der Waals surface area contributed by atoms with Crippen LogP contribution in [0.1, 0.15) is 79.6 Å². The lowest BCUT2D eigenvalue weighted by atomic mass is 9.58. The van der Waals surface area contributed by atoms with E-state index in [9.17, 15) is 0 Å². The highest BCUT2D eigenvalue weighted by Crippen LogP contribution is 2.50. The molecule has 2 rings (SSSR count). The van der Waals surface area contributed by atoms with E-state index in [-0.39, 0.29) is 0 Å². The van der Waals surface area contributed by atoms with E-state index in [1.807, 2.05) is 0 Å². The normalized spacial score (nSPS) is 39.0. The lowest BCUT2D eigenvalue weighted by Gasteiger charge is -2.57. The summed E-state index contributed by atoms with van der Waals surface area (Å²) in [5.41, 5.74) is 0.390. The number of hydrogen-bond acceptors (Lipinski definition) is 2. The Balaban J connectivity index is 1.91. The molecule has 0 aromatic rings. The van der Waals surface area contributed by atoms with Crippen LogP contribution in [0.3, 0.4) is 0 Å². The molecule has 1 N–H and O–H groups in total. The van der Waals surface area contributed by atoms with Gasteiger partial charge in [0.15, 0.2) is 0 Å². The minimum atomic E-state index is 0.390. The van der Waals surface area contributed by atoms with Crippen molar-refractivity contribution < 1.29 is 4.74 Å². The van der Waals surface area contributed by atoms with Gasteiger partial charge in [0, 0.05) is 11.5 Å². The molecule has 5 unspecified atom stereocenters. The topological polar surface area (TPSA) is 21.3 Å². The molecule has 0 aromatic heterocycles. The van der Waals surface area contributed by atoms with Gasteiger partial charge in [-0.25, -0.2) is 0 Å². The van der Waals surface area contributed by atoms with Gasteiger partial charge in [-0.2, -0.15) is 0 Å². The highest BCUT2D eigenvalue weighted by Gasteiger charge is 2.53. The van der Waals surface area contributed by atoms with Crippen LogP contribution in [0.25, 0.3) is 0 Å². The lowest BCUT2D eigenvalue weighted by molar-refractivity contribution is -0.177. The van der Waals surface area contributed by atoms with Crippen molar-refractivity contribution in [3.05, 3.63) is 0 Å². The zero-order chi connectivity index (χ0) is 15.5. The van der Waals surface area contributed by atoms with Crippen LogP contribution in [0, 0.1) is 17.3 Å². The van der Waals surface area contributed by atoms with Crippen LogP contribution in [0.15, 0.2) is 0 Å². The van der Waals surface area contributed by atoms with Crippen LogP contribution in [0.5, 0.6) is 0 Å². The Morgan fingerprint density at radius 1 is 1.00 bits per heavy atom. The Morgan fingerprint density at radius 2 is 1.71 bits per heavy atom. The number of nitrogens with one attached hydrogen (secondary N) is 1. The molecular weight excluding hydrogens is 258 g/mol. The quantitative estimate of drug-likeness (QED) is 0.730. The Hall–Kier alpha value is -0.0800. The molecule has 2 fully saturated rings. The van der Waals surface area contributed by atoms with Gasteiger partial charge in [0.1, 0.15) is 0 Å². The van der Waals surface area contributed by atoms with E-state index in [4.69, 9.17) is 4.74 Å². The second-order valence-corrected chi connectivity index (χ2v) is 7.70. The molecule has 0 amide bonds. The Morgan fingerprint density at radius 3 is 2.29 bits per heavy atom. The lowest BCUT2D eigenvalue weighted by Crippen LogP contribution is -2.64. The first-order valence-corrected chi connectivity index (χ1v) is 9.46. The van der Waals surface area contributed by atoms with Gasteiger partial charge in [-0.15, -0.1) is 0 Å². The first kappa shape index (κ1) is 17.3. The molecule has 0 saturated heterocycles. The first-order chi connectivity index (χ1) is 10.1. The molecule has 21 heavy (non-hydrogen) atoms. The average molecular weight is 296 g/mol. The van der Waals surface area contributed by atoms with Gasteiger partial charge >= 0.3 is 0 Å². The summed E-state index contributed by atoms with van der Waals surface area (Å²) in [7, 11) is 0. The van der Waals surface area contributed by atoms with Gasteiger partial charge in [0.25, 0.3) is 0 Å². The maximum Gasteiger partial charge on any atom is 0.0664 e. The SMILES string of the molecule is CCCNC1CC(OC2CCC(C)C(C)C2)C1(CC)CC. The molecule has 2 saturated carbocycles. The van der Waals surface area contributed by atoms with Crippen molar-refractivity contribution in [2.45, 2.75) is 97.8 Å². The van der Waals surface area contributed by atoms with Crippen molar-refractivity contribution in [3.8, 4) is 0 Å². The highest BCUT2D eigenvalue weighted by molar-refractivity contribution is 5.07. The van der Waals surface area contributed by atoms with Crippen LogP contribution in [-0.2, 0) is 4.74 Å². The molecule has 2 heteroatoms. The largest absolute Gasteiger partial charge is 0.374 e. The summed E-state index contributed by atoms with van der Waals surface area (Å²) in [6.07, 6.45) is 9.85. The average Bonchev–Trinajstić information content (AvgIpc) is 2.47. The van der Waals surface area contributed by atoms with Crippen LogP contribution in [0.2, 0.25) is 0 Å². The summed E-state index contributed by atoms with van der Waals surface area (Å²) < 4.78 is 6.61. The maximum atomic E-state index is 6.61. The summed E-state index contributed by atoms with van der Waals surface area (Å²) in [6.45, 7) is 12.9. The summed E-state index contributed by atoms with van der Waals surface area (Å²) in [5, 5.41) is 3.76. The fraction of sp³-hybridized carbons (Fsp3) is 1.00. The predicted octanol–water partition coefficient (Wildman–Crippen LogP) is 4.77. The number of hydrogen-bond donors (Lipinski definition) is 1. The Bertz CT molecular complexity index is 313. The molecule has 2 aliphatic carbocycles. The molecule has 2 nitrogen and oxygen atoms in total. The molecule has 5 atom stereocenters. The summed E-state index contributed by atoms with van der Waals surface area (Å²) in [6, 6.07) is 0.678. The summed E-state index contributed by atoms with van der Waals surface area (Å²) >= 11 is 0.